The normalized spacial score (nSPS) is 17.3. The number of amides is 10. The highest BCUT2D eigenvalue weighted by Crippen LogP contribution is 2.35. The molecule has 10 amide bonds. The van der Waals surface area contributed by atoms with Crippen LogP contribution in [-0.4, -0.2) is 223 Å². The third kappa shape index (κ3) is 21.5. The standard InChI is InChI=1S/C45H43F2N9O7.C30H32F2N6O2.C15H15N3O6/c46-27-18-26(19-28(47)21-27)17-25-1-6-36-35(20-25)41(53-52-36)51-42(59)33-5-3-31(23-37(33)49-29-9-15-63-16-10-29)54-11-13-55(14-12-54)40(58)24-48-30-2-4-32-34(22-30)45(62)56(44(32)61)38-7-8-39(57)50-43(38)60;31-21-14-20(15-22(32)17-21)13-19-1-4-27-26(16-19)29(37-36-27)35-30(39)25-3-2-24(38-9-7-33-8-10-38)18-28(25)34-23-5-11-40-12-6-23;19-7-8-1-2-9(16-6-13(21)22)5-10(8)14(23)17-11-3-4-12(20)18-15(11)24/h1-6,18-23,29,38,48-49H,7-17,24H2,(H,50,57,60)(H2,51,52,53,59);1-4,14-18,23,33-34H,5-13H2,(H2,35,36,37,39);1-2,5,7,11,16H,3-4,6H2,(H,17,23)(H,21,22)(H,18,20,24). The van der Waals surface area contributed by atoms with Crippen LogP contribution in [0.3, 0.4) is 0 Å². The molecular formula is C90H90F4N18O15. The van der Waals surface area contributed by atoms with Crippen molar-refractivity contribution in [1.29, 1.82) is 0 Å². The Morgan fingerprint density at radius 2 is 0.984 bits per heavy atom. The molecule has 6 saturated heterocycles. The summed E-state index contributed by atoms with van der Waals surface area (Å²) in [5.74, 6) is -7.74. The number of aromatic nitrogens is 4. The lowest BCUT2D eigenvalue weighted by molar-refractivity contribution is -0.137. The van der Waals surface area contributed by atoms with Crippen molar-refractivity contribution in [1.82, 2.24) is 51.5 Å². The Morgan fingerprint density at radius 1 is 0.488 bits per heavy atom. The summed E-state index contributed by atoms with van der Waals surface area (Å²) < 4.78 is 66.2. The molecule has 0 radical (unpaired) electrons. The fourth-order valence-electron chi connectivity index (χ4n) is 16.2. The molecule has 37 heteroatoms. The van der Waals surface area contributed by atoms with Gasteiger partial charge in [0.2, 0.25) is 29.5 Å². The predicted molar refractivity (Wildman–Crippen MR) is 461 cm³/mol. The van der Waals surface area contributed by atoms with Gasteiger partial charge in [-0.2, -0.15) is 10.2 Å². The molecule has 0 saturated carbocycles. The predicted octanol–water partition coefficient (Wildman–Crippen LogP) is 8.65. The van der Waals surface area contributed by atoms with E-state index in [2.05, 4.69) is 89.4 Å². The number of carbonyl (C=O) groups excluding carboxylic acids is 11. The van der Waals surface area contributed by atoms with E-state index in [9.17, 15) is 75.1 Å². The maximum absolute atomic E-state index is 14.0. The van der Waals surface area contributed by atoms with Gasteiger partial charge in [0.05, 0.1) is 45.4 Å². The number of carboxylic acids is 1. The van der Waals surface area contributed by atoms with Gasteiger partial charge in [0.15, 0.2) is 17.9 Å². The maximum Gasteiger partial charge on any atom is 0.322 e. The zero-order chi connectivity index (χ0) is 88.9. The van der Waals surface area contributed by atoms with Gasteiger partial charge in [0, 0.05) is 166 Å². The van der Waals surface area contributed by atoms with Crippen molar-refractivity contribution in [3.05, 3.63) is 224 Å². The number of H-pyrrole nitrogens is 2. The van der Waals surface area contributed by atoms with Crippen molar-refractivity contribution >= 4 is 139 Å². The Kier molecular flexibility index (Phi) is 27.3. The number of aldehydes is 1. The summed E-state index contributed by atoms with van der Waals surface area (Å²) in [6.07, 6.45) is 4.75. The van der Waals surface area contributed by atoms with E-state index in [-0.39, 0.29) is 97.3 Å². The van der Waals surface area contributed by atoms with Crippen molar-refractivity contribution in [3.63, 3.8) is 0 Å². The van der Waals surface area contributed by atoms with Crippen molar-refractivity contribution in [2.45, 2.75) is 88.4 Å². The van der Waals surface area contributed by atoms with Crippen LogP contribution < -0.4 is 63.0 Å². The molecule has 658 valence electrons. The minimum atomic E-state index is -1.08. The highest BCUT2D eigenvalue weighted by atomic mass is 19.1. The number of rotatable bonds is 24. The third-order valence-electron chi connectivity index (χ3n) is 22.8. The van der Waals surface area contributed by atoms with Crippen LogP contribution in [0, 0.1) is 23.3 Å². The zero-order valence-corrected chi connectivity index (χ0v) is 68.6. The number of aliphatic carboxylic acids is 1. The Hall–Kier alpha value is -14.5. The third-order valence-corrected chi connectivity index (χ3v) is 22.8. The first-order valence-corrected chi connectivity index (χ1v) is 41.6. The second kappa shape index (κ2) is 39.6. The Balaban J connectivity index is 0.000000165. The van der Waals surface area contributed by atoms with E-state index in [1.54, 1.807) is 17.0 Å². The number of carbonyl (C=O) groups is 12. The fourth-order valence-corrected chi connectivity index (χ4v) is 16.2. The number of benzene rings is 8. The van der Waals surface area contributed by atoms with E-state index in [0.29, 0.717) is 127 Å². The number of fused-ring (bicyclic) bond motifs is 3. The summed E-state index contributed by atoms with van der Waals surface area (Å²) in [5.41, 5.74) is 9.57. The Labute approximate surface area is 723 Å². The average Bonchev–Trinajstić information content (AvgIpc) is 1.61. The number of piperidine rings is 2. The number of nitrogens with one attached hydrogen (secondary N) is 12. The molecule has 0 bridgehead atoms. The lowest BCUT2D eigenvalue weighted by Crippen LogP contribution is -2.54. The molecule has 2 unspecified atom stereocenters. The van der Waals surface area contributed by atoms with Crippen LogP contribution >= 0.6 is 0 Å². The minimum absolute atomic E-state index is 0.00471. The summed E-state index contributed by atoms with van der Waals surface area (Å²) in [7, 11) is 0. The summed E-state index contributed by atoms with van der Waals surface area (Å²) in [6.45, 7) is 7.78. The first kappa shape index (κ1) is 87.4. The molecule has 7 aliphatic heterocycles. The molecule has 8 aromatic carbocycles. The Morgan fingerprint density at radius 3 is 1.50 bits per heavy atom. The number of anilines is 8. The molecule has 127 heavy (non-hydrogen) atoms. The van der Waals surface area contributed by atoms with Crippen LogP contribution in [0.1, 0.15) is 136 Å². The lowest BCUT2D eigenvalue weighted by atomic mass is 10.0. The van der Waals surface area contributed by atoms with Gasteiger partial charge in [-0.15, -0.1) is 0 Å². The van der Waals surface area contributed by atoms with Crippen LogP contribution in [0.15, 0.2) is 146 Å². The molecule has 2 aromatic heterocycles. The van der Waals surface area contributed by atoms with Crippen LogP contribution in [0.25, 0.3) is 21.8 Å². The first-order chi connectivity index (χ1) is 61.4. The monoisotopic (exact) mass is 1740 g/mol. The largest absolute Gasteiger partial charge is 0.480 e. The SMILES string of the molecule is O=C(Nc1n[nH]c2ccc(Cc3cc(F)cc(F)c3)cc12)c1ccc(N2CCNCC2)cc1NC1CCOCC1.O=C1CCC(N2C(=O)c3ccc(NCC(=O)N4CCN(c5ccc(C(=O)Nc6n[nH]c7ccc(Cc8cc(F)cc(F)c8)cc67)c(NC6CCOCC6)c5)CC4)cc3C2=O)C(=O)N1.O=Cc1ccc(NCC(=O)O)cc1C(=O)NC1CCC(=O)NC1=O. The molecule has 2 atom stereocenters. The number of halogens is 4. The summed E-state index contributed by atoms with van der Waals surface area (Å²) >= 11 is 0. The summed E-state index contributed by atoms with van der Waals surface area (Å²) in [4.78, 5) is 155. The van der Waals surface area contributed by atoms with E-state index in [1.807, 2.05) is 60.7 Å². The zero-order valence-electron chi connectivity index (χ0n) is 68.6. The smallest absolute Gasteiger partial charge is 0.322 e. The molecular weight excluding hydrogens is 1650 g/mol. The number of hydrogen-bond acceptors (Lipinski definition) is 23. The van der Waals surface area contributed by atoms with Crippen molar-refractivity contribution in [3.8, 4) is 0 Å². The average molecular weight is 1740 g/mol. The van der Waals surface area contributed by atoms with E-state index < -0.39 is 82.7 Å². The number of imide groups is 3. The molecule has 33 nitrogen and oxygen atoms in total. The number of aromatic amines is 2. The topological polar surface area (TPSA) is 434 Å². The van der Waals surface area contributed by atoms with E-state index in [0.717, 1.165) is 108 Å². The van der Waals surface area contributed by atoms with Crippen molar-refractivity contribution in [2.75, 3.05) is 134 Å². The van der Waals surface area contributed by atoms with Gasteiger partial charge < -0.3 is 71.8 Å². The second-order valence-electron chi connectivity index (χ2n) is 31.6. The van der Waals surface area contributed by atoms with Crippen molar-refractivity contribution in [2.24, 2.45) is 0 Å². The molecule has 17 rings (SSSR count). The van der Waals surface area contributed by atoms with Crippen LogP contribution in [0.4, 0.5) is 63.3 Å². The fraction of sp³-hybridized carbons (Fsp3) is 0.311. The van der Waals surface area contributed by atoms with Crippen LogP contribution in [0.2, 0.25) is 0 Å². The first-order valence-electron chi connectivity index (χ1n) is 41.6. The van der Waals surface area contributed by atoms with Crippen LogP contribution in [-0.2, 0) is 51.1 Å². The molecule has 6 fully saturated rings. The maximum atomic E-state index is 14.0. The van der Waals surface area contributed by atoms with Gasteiger partial charge in [-0.3, -0.25) is 83.3 Å². The van der Waals surface area contributed by atoms with Gasteiger partial charge in [-0.1, -0.05) is 12.1 Å². The lowest BCUT2D eigenvalue weighted by Gasteiger charge is -2.36. The number of ether oxygens (including phenoxy) is 2. The quantitative estimate of drug-likeness (QED) is 0.0153. The Bertz CT molecular complexity index is 5900. The van der Waals surface area contributed by atoms with Crippen LogP contribution in [0.5, 0.6) is 0 Å². The molecule has 9 heterocycles. The molecule has 10 aromatic rings. The van der Waals surface area contributed by atoms with Crippen molar-refractivity contribution < 1.29 is 89.7 Å². The van der Waals surface area contributed by atoms with Gasteiger partial charge in [0.25, 0.3) is 29.5 Å². The number of nitrogens with zero attached hydrogens (tertiary/aromatic N) is 6. The summed E-state index contributed by atoms with van der Waals surface area (Å²) in [6, 6.07) is 36.6. The van der Waals surface area contributed by atoms with E-state index >= 15 is 0 Å². The molecule has 0 spiro atoms. The van der Waals surface area contributed by atoms with Gasteiger partial charge in [-0.05, 0) is 195 Å². The number of piperazine rings is 2. The minimum Gasteiger partial charge on any atom is -0.480 e. The highest BCUT2D eigenvalue weighted by Gasteiger charge is 2.45. The highest BCUT2D eigenvalue weighted by molar-refractivity contribution is 6.24. The second-order valence-corrected chi connectivity index (χ2v) is 31.6. The van der Waals surface area contributed by atoms with Gasteiger partial charge >= 0.3 is 5.97 Å². The number of hydrogen-bond donors (Lipinski definition) is 13. The van der Waals surface area contributed by atoms with E-state index in [1.165, 1.54) is 54.6 Å². The summed E-state index contributed by atoms with van der Waals surface area (Å²) in [5, 5.41) is 53.5. The molecule has 13 N–H and O–H groups in total. The molecule has 0 aliphatic carbocycles. The number of carboxylic acid groups (broad SMARTS) is 1. The van der Waals surface area contributed by atoms with E-state index in [4.69, 9.17) is 14.6 Å². The van der Waals surface area contributed by atoms with Gasteiger partial charge in [0.1, 0.15) is 41.9 Å². The molecule has 7 aliphatic rings. The van der Waals surface area contributed by atoms with Gasteiger partial charge in [-0.25, -0.2) is 17.6 Å².